The first kappa shape index (κ1) is 16.0. The van der Waals surface area contributed by atoms with E-state index in [1.165, 1.54) is 0 Å². The van der Waals surface area contributed by atoms with E-state index >= 15 is 0 Å². The van der Waals surface area contributed by atoms with Crippen LogP contribution in [0, 0.1) is 12.8 Å². The van der Waals surface area contributed by atoms with Gasteiger partial charge in [-0.1, -0.05) is 6.42 Å². The molecule has 2 atom stereocenters. The first-order valence-corrected chi connectivity index (χ1v) is 7.47. The molecule has 0 heterocycles. The Labute approximate surface area is 123 Å². The second-order valence-electron chi connectivity index (χ2n) is 5.66. The first-order chi connectivity index (χ1) is 9.90. The molecule has 1 aliphatic carbocycles. The topological polar surface area (TPSA) is 21.3 Å². The predicted molar refractivity (Wildman–Crippen MR) is 77.8 cm³/mol. The Hall–Kier alpha value is -1.39. The van der Waals surface area contributed by atoms with Gasteiger partial charge in [0.25, 0.3) is 0 Å². The lowest BCUT2D eigenvalue weighted by Gasteiger charge is -2.32. The minimum Gasteiger partial charge on any atom is -0.494 e. The molecular formula is C16H22F3NO. The third kappa shape index (κ3) is 4.29. The summed E-state index contributed by atoms with van der Waals surface area (Å²) < 4.78 is 43.9. The molecule has 0 saturated heterocycles. The zero-order chi connectivity index (χ0) is 15.5. The lowest BCUT2D eigenvalue weighted by atomic mass is 9.85. The molecule has 2 nitrogen and oxygen atoms in total. The van der Waals surface area contributed by atoms with Crippen molar-refractivity contribution in [2.75, 3.05) is 11.9 Å². The van der Waals surface area contributed by atoms with Crippen molar-refractivity contribution in [3.05, 3.63) is 23.8 Å². The molecule has 5 heteroatoms. The Morgan fingerprint density at radius 2 is 2.05 bits per heavy atom. The van der Waals surface area contributed by atoms with Crippen LogP contribution in [0.5, 0.6) is 5.75 Å². The van der Waals surface area contributed by atoms with E-state index in [1.807, 2.05) is 32.0 Å². The molecule has 1 aliphatic rings. The van der Waals surface area contributed by atoms with Crippen LogP contribution in [0.1, 0.15) is 38.2 Å². The van der Waals surface area contributed by atoms with Gasteiger partial charge in [-0.05, 0) is 56.9 Å². The van der Waals surface area contributed by atoms with Gasteiger partial charge in [0.05, 0.1) is 12.5 Å². The molecule has 1 N–H and O–H groups in total. The normalized spacial score (nSPS) is 22.9. The largest absolute Gasteiger partial charge is 0.494 e. The molecule has 0 radical (unpaired) electrons. The van der Waals surface area contributed by atoms with Crippen molar-refractivity contribution in [1.82, 2.24) is 0 Å². The van der Waals surface area contributed by atoms with E-state index < -0.39 is 12.1 Å². The van der Waals surface area contributed by atoms with Gasteiger partial charge in [0, 0.05) is 11.7 Å². The van der Waals surface area contributed by atoms with Crippen LogP contribution in [0.15, 0.2) is 18.2 Å². The molecule has 0 amide bonds. The Bertz CT molecular complexity index is 473. The molecule has 1 aromatic carbocycles. The van der Waals surface area contributed by atoms with Crippen LogP contribution in [0.25, 0.3) is 0 Å². The fourth-order valence-corrected chi connectivity index (χ4v) is 2.89. The van der Waals surface area contributed by atoms with E-state index in [0.29, 0.717) is 13.0 Å². The van der Waals surface area contributed by atoms with Gasteiger partial charge in [0.2, 0.25) is 0 Å². The Morgan fingerprint density at radius 3 is 2.67 bits per heavy atom. The molecule has 0 bridgehead atoms. The molecule has 21 heavy (non-hydrogen) atoms. The van der Waals surface area contributed by atoms with E-state index in [2.05, 4.69) is 5.32 Å². The minimum absolute atomic E-state index is 0.109. The summed E-state index contributed by atoms with van der Waals surface area (Å²) in [6.07, 6.45) is -2.24. The third-order valence-corrected chi connectivity index (χ3v) is 4.01. The number of aryl methyl sites for hydroxylation is 1. The molecular weight excluding hydrogens is 279 g/mol. The lowest BCUT2D eigenvalue weighted by Crippen LogP contribution is -2.34. The molecule has 0 spiro atoms. The van der Waals surface area contributed by atoms with Gasteiger partial charge in [-0.25, -0.2) is 0 Å². The number of hydrogen-bond acceptors (Lipinski definition) is 2. The maximum atomic E-state index is 12.8. The second-order valence-corrected chi connectivity index (χ2v) is 5.66. The fourth-order valence-electron chi connectivity index (χ4n) is 2.89. The zero-order valence-corrected chi connectivity index (χ0v) is 12.5. The quantitative estimate of drug-likeness (QED) is 0.851. The summed E-state index contributed by atoms with van der Waals surface area (Å²) in [4.78, 5) is 0. The van der Waals surface area contributed by atoms with Crippen molar-refractivity contribution in [3.63, 3.8) is 0 Å². The molecule has 1 saturated carbocycles. The van der Waals surface area contributed by atoms with Gasteiger partial charge in [0.1, 0.15) is 5.75 Å². The molecule has 2 unspecified atom stereocenters. The number of halogens is 3. The van der Waals surface area contributed by atoms with Crippen LogP contribution in [-0.4, -0.2) is 18.8 Å². The van der Waals surface area contributed by atoms with Crippen molar-refractivity contribution in [2.45, 2.75) is 51.7 Å². The SMILES string of the molecule is CCOc1ccc(NC2CCCC(C(F)(F)F)C2)c(C)c1. The van der Waals surface area contributed by atoms with Crippen molar-refractivity contribution in [1.29, 1.82) is 0 Å². The Kier molecular flexibility index (Phi) is 5.01. The number of nitrogens with one attached hydrogen (secondary N) is 1. The van der Waals surface area contributed by atoms with Gasteiger partial charge in [-0.2, -0.15) is 13.2 Å². The van der Waals surface area contributed by atoms with E-state index in [0.717, 1.165) is 23.4 Å². The maximum Gasteiger partial charge on any atom is 0.391 e. The summed E-state index contributed by atoms with van der Waals surface area (Å²) in [5.74, 6) is -0.385. The smallest absolute Gasteiger partial charge is 0.391 e. The molecule has 2 rings (SSSR count). The van der Waals surface area contributed by atoms with Gasteiger partial charge >= 0.3 is 6.18 Å². The molecule has 0 aromatic heterocycles. The number of benzene rings is 1. The van der Waals surface area contributed by atoms with Crippen LogP contribution in [0.2, 0.25) is 0 Å². The first-order valence-electron chi connectivity index (χ1n) is 7.47. The second kappa shape index (κ2) is 6.58. The highest BCUT2D eigenvalue weighted by Crippen LogP contribution is 2.38. The van der Waals surface area contributed by atoms with Crippen molar-refractivity contribution in [2.24, 2.45) is 5.92 Å². The highest BCUT2D eigenvalue weighted by molar-refractivity contribution is 5.54. The highest BCUT2D eigenvalue weighted by Gasteiger charge is 2.42. The van der Waals surface area contributed by atoms with Crippen molar-refractivity contribution >= 4 is 5.69 Å². The Morgan fingerprint density at radius 1 is 1.29 bits per heavy atom. The minimum atomic E-state index is -4.08. The number of ether oxygens (including phenoxy) is 1. The van der Waals surface area contributed by atoms with E-state index in [-0.39, 0.29) is 18.9 Å². The molecule has 1 fully saturated rings. The maximum absolute atomic E-state index is 12.8. The van der Waals surface area contributed by atoms with Crippen LogP contribution in [0.4, 0.5) is 18.9 Å². The monoisotopic (exact) mass is 301 g/mol. The van der Waals surface area contributed by atoms with E-state index in [1.54, 1.807) is 0 Å². The average molecular weight is 301 g/mol. The molecule has 0 aliphatic heterocycles. The third-order valence-electron chi connectivity index (χ3n) is 4.01. The highest BCUT2D eigenvalue weighted by atomic mass is 19.4. The van der Waals surface area contributed by atoms with Crippen LogP contribution >= 0.6 is 0 Å². The summed E-state index contributed by atoms with van der Waals surface area (Å²) in [6, 6.07) is 5.54. The average Bonchev–Trinajstić information content (AvgIpc) is 2.42. The summed E-state index contributed by atoms with van der Waals surface area (Å²) in [5, 5.41) is 3.26. The Balaban J connectivity index is 2.01. The molecule has 1 aromatic rings. The van der Waals surface area contributed by atoms with Crippen LogP contribution in [-0.2, 0) is 0 Å². The fraction of sp³-hybridized carbons (Fsp3) is 0.625. The van der Waals surface area contributed by atoms with Crippen LogP contribution in [0.3, 0.4) is 0 Å². The van der Waals surface area contributed by atoms with Gasteiger partial charge in [0.15, 0.2) is 0 Å². The van der Waals surface area contributed by atoms with Crippen molar-refractivity contribution < 1.29 is 17.9 Å². The van der Waals surface area contributed by atoms with Crippen LogP contribution < -0.4 is 10.1 Å². The molecule has 118 valence electrons. The van der Waals surface area contributed by atoms with Gasteiger partial charge in [-0.3, -0.25) is 0 Å². The summed E-state index contributed by atoms with van der Waals surface area (Å²) in [6.45, 7) is 4.46. The summed E-state index contributed by atoms with van der Waals surface area (Å²) in [5.41, 5.74) is 1.89. The standard InChI is InChI=1S/C16H22F3NO/c1-3-21-14-7-8-15(11(2)9-14)20-13-6-4-5-12(10-13)16(17,18)19/h7-9,12-13,20H,3-6,10H2,1-2H3. The van der Waals surface area contributed by atoms with Gasteiger partial charge < -0.3 is 10.1 Å². The van der Waals surface area contributed by atoms with Gasteiger partial charge in [-0.15, -0.1) is 0 Å². The summed E-state index contributed by atoms with van der Waals surface area (Å²) in [7, 11) is 0. The number of anilines is 1. The predicted octanol–water partition coefficient (Wildman–Crippen LogP) is 4.93. The number of alkyl halides is 3. The number of rotatable bonds is 4. The summed E-state index contributed by atoms with van der Waals surface area (Å²) >= 11 is 0. The number of hydrogen-bond donors (Lipinski definition) is 1. The zero-order valence-electron chi connectivity index (χ0n) is 12.5. The van der Waals surface area contributed by atoms with Crippen molar-refractivity contribution in [3.8, 4) is 5.75 Å². The van der Waals surface area contributed by atoms with E-state index in [4.69, 9.17) is 4.74 Å². The van der Waals surface area contributed by atoms with E-state index in [9.17, 15) is 13.2 Å². The lowest BCUT2D eigenvalue weighted by molar-refractivity contribution is -0.182.